The summed E-state index contributed by atoms with van der Waals surface area (Å²) in [5.74, 6) is 1.26. The normalized spacial score (nSPS) is 11.8. The van der Waals surface area contributed by atoms with Gasteiger partial charge >= 0.3 is 0 Å². The number of aromatic nitrogens is 3. The molecular weight excluding hydrogens is 486 g/mol. The number of nitrogens with zero attached hydrogens (tertiary/aromatic N) is 3. The molecule has 2 heterocycles. The number of rotatable bonds is 10. The first-order valence-electron chi connectivity index (χ1n) is 11.5. The highest BCUT2D eigenvalue weighted by molar-refractivity contribution is 7.15. The monoisotopic (exact) mass is 511 g/mol. The molecule has 0 spiro atoms. The van der Waals surface area contributed by atoms with Crippen LogP contribution >= 0.6 is 22.9 Å². The number of hydrogen-bond donors (Lipinski definition) is 0. The van der Waals surface area contributed by atoms with E-state index in [1.54, 1.807) is 25.3 Å². The molecule has 0 amide bonds. The molecule has 0 aliphatic heterocycles. The van der Waals surface area contributed by atoms with Gasteiger partial charge in [-0.25, -0.2) is 0 Å². The maximum Gasteiger partial charge on any atom is 0.296 e. The van der Waals surface area contributed by atoms with Crippen LogP contribution in [0.3, 0.4) is 0 Å². The zero-order chi connectivity index (χ0) is 24.8. The Bertz CT molecular complexity index is 1480. The van der Waals surface area contributed by atoms with Crippen molar-refractivity contribution in [3.05, 3.63) is 89.5 Å². The Morgan fingerprint density at radius 1 is 1.06 bits per heavy atom. The highest BCUT2D eigenvalue weighted by Crippen LogP contribution is 2.28. The van der Waals surface area contributed by atoms with Crippen LogP contribution in [0.2, 0.25) is 5.02 Å². The second-order valence-electron chi connectivity index (χ2n) is 8.10. The van der Waals surface area contributed by atoms with Crippen molar-refractivity contribution in [2.75, 3.05) is 13.7 Å². The lowest BCUT2D eigenvalue weighted by atomic mass is 10.1. The molecule has 2 aromatic heterocycles. The zero-order valence-electron chi connectivity index (χ0n) is 19.6. The maximum absolute atomic E-state index is 13.0. The molecule has 4 rings (SSSR count). The fourth-order valence-corrected chi connectivity index (χ4v) is 4.63. The van der Waals surface area contributed by atoms with E-state index in [9.17, 15) is 9.59 Å². The van der Waals surface area contributed by atoms with Crippen LogP contribution in [0.25, 0.3) is 11.0 Å². The second kappa shape index (κ2) is 11.5. The molecule has 35 heavy (non-hydrogen) atoms. The van der Waals surface area contributed by atoms with Gasteiger partial charge in [-0.1, -0.05) is 67.3 Å². The lowest BCUT2D eigenvalue weighted by molar-refractivity contribution is 0.285. The molecule has 0 saturated heterocycles. The van der Waals surface area contributed by atoms with Gasteiger partial charge in [0.1, 0.15) is 5.69 Å². The van der Waals surface area contributed by atoms with E-state index in [2.05, 4.69) is 17.0 Å². The standard InChI is InChI=1S/C26H26ClN3O4S/c1-3-4-5-6-13-34-21-12-9-18(15-22(21)33-2)16-23-25(32)30-26(35-23)28-24(31)20(29-30)14-17-7-10-19(27)11-8-17/h7-12,15-16H,3-6,13-14H2,1-2H3/b23-16-. The fourth-order valence-electron chi connectivity index (χ4n) is 3.60. The second-order valence-corrected chi connectivity index (χ2v) is 9.54. The third-order valence-corrected chi connectivity index (χ3v) is 6.69. The quantitative estimate of drug-likeness (QED) is 0.296. The van der Waals surface area contributed by atoms with Gasteiger partial charge in [-0.2, -0.15) is 14.6 Å². The molecule has 0 atom stereocenters. The first-order chi connectivity index (χ1) is 17.0. The highest BCUT2D eigenvalue weighted by Gasteiger charge is 2.12. The topological polar surface area (TPSA) is 82.8 Å². The predicted molar refractivity (Wildman–Crippen MR) is 139 cm³/mol. The molecule has 0 N–H and O–H groups in total. The number of hydrogen-bond acceptors (Lipinski definition) is 7. The highest BCUT2D eigenvalue weighted by atomic mass is 35.5. The Morgan fingerprint density at radius 2 is 1.86 bits per heavy atom. The van der Waals surface area contributed by atoms with E-state index in [1.807, 2.05) is 30.3 Å². The molecular formula is C26H26ClN3O4S. The van der Waals surface area contributed by atoms with Gasteiger partial charge in [0, 0.05) is 11.4 Å². The largest absolute Gasteiger partial charge is 0.493 e. The number of fused-ring (bicyclic) bond motifs is 1. The molecule has 0 unspecified atom stereocenters. The summed E-state index contributed by atoms with van der Waals surface area (Å²) in [6, 6.07) is 12.6. The first kappa shape index (κ1) is 24.9. The van der Waals surface area contributed by atoms with Crippen molar-refractivity contribution in [3.63, 3.8) is 0 Å². The van der Waals surface area contributed by atoms with Crippen molar-refractivity contribution in [1.82, 2.24) is 14.6 Å². The van der Waals surface area contributed by atoms with E-state index in [1.165, 1.54) is 17.4 Å². The summed E-state index contributed by atoms with van der Waals surface area (Å²) in [7, 11) is 1.59. The number of methoxy groups -OCH3 is 1. The van der Waals surface area contributed by atoms with Crippen LogP contribution in [-0.4, -0.2) is 28.3 Å². The van der Waals surface area contributed by atoms with Crippen LogP contribution in [0, 0.1) is 0 Å². The Labute approximate surface area is 211 Å². The number of thiazole rings is 1. The van der Waals surface area contributed by atoms with Crippen LogP contribution in [0.4, 0.5) is 0 Å². The van der Waals surface area contributed by atoms with Gasteiger partial charge in [0.05, 0.1) is 18.2 Å². The lowest BCUT2D eigenvalue weighted by Gasteiger charge is -2.11. The summed E-state index contributed by atoms with van der Waals surface area (Å²) in [6.07, 6.45) is 6.49. The Kier molecular flexibility index (Phi) is 8.15. The van der Waals surface area contributed by atoms with Crippen LogP contribution in [0.1, 0.15) is 49.4 Å². The number of unbranched alkanes of at least 4 members (excludes halogenated alkanes) is 3. The minimum atomic E-state index is -0.449. The maximum atomic E-state index is 13.0. The summed E-state index contributed by atoms with van der Waals surface area (Å²) in [5.41, 5.74) is 1.05. The van der Waals surface area contributed by atoms with Gasteiger partial charge in [-0.05, 0) is 47.9 Å². The minimum absolute atomic E-state index is 0.202. The SMILES string of the molecule is CCCCCCOc1ccc(/C=c2\sc3nc(=O)c(Cc4ccc(Cl)cc4)nn3c2=O)cc1OC. The van der Waals surface area contributed by atoms with Gasteiger partial charge in [0.2, 0.25) is 4.96 Å². The number of ether oxygens (including phenoxy) is 2. The predicted octanol–water partition coefficient (Wildman–Crippen LogP) is 4.27. The molecule has 0 radical (unpaired) electrons. The van der Waals surface area contributed by atoms with Gasteiger partial charge < -0.3 is 9.47 Å². The van der Waals surface area contributed by atoms with E-state index in [4.69, 9.17) is 21.1 Å². The van der Waals surface area contributed by atoms with Crippen molar-refractivity contribution < 1.29 is 9.47 Å². The average molecular weight is 512 g/mol. The van der Waals surface area contributed by atoms with Crippen molar-refractivity contribution in [2.24, 2.45) is 0 Å². The van der Waals surface area contributed by atoms with Crippen LogP contribution in [-0.2, 0) is 6.42 Å². The summed E-state index contributed by atoms with van der Waals surface area (Å²) in [5, 5.41) is 4.91. The van der Waals surface area contributed by atoms with Crippen molar-refractivity contribution in [2.45, 2.75) is 39.0 Å². The molecule has 0 aliphatic carbocycles. The zero-order valence-corrected chi connectivity index (χ0v) is 21.2. The summed E-state index contributed by atoms with van der Waals surface area (Å²) < 4.78 is 13.0. The third kappa shape index (κ3) is 6.07. The molecule has 182 valence electrons. The summed E-state index contributed by atoms with van der Waals surface area (Å²) in [4.78, 5) is 29.8. The van der Waals surface area contributed by atoms with E-state index in [-0.39, 0.29) is 22.6 Å². The molecule has 0 aliphatic rings. The fraction of sp³-hybridized carbons (Fsp3) is 0.308. The van der Waals surface area contributed by atoms with Crippen molar-refractivity contribution in [3.8, 4) is 11.5 Å². The van der Waals surface area contributed by atoms with E-state index < -0.39 is 5.56 Å². The molecule has 7 nitrogen and oxygen atoms in total. The average Bonchev–Trinajstić information content (AvgIpc) is 3.15. The van der Waals surface area contributed by atoms with E-state index in [0.29, 0.717) is 27.7 Å². The molecule has 0 bridgehead atoms. The third-order valence-electron chi connectivity index (χ3n) is 5.48. The molecule has 0 fully saturated rings. The van der Waals surface area contributed by atoms with Crippen molar-refractivity contribution in [1.29, 1.82) is 0 Å². The Morgan fingerprint density at radius 3 is 2.60 bits per heavy atom. The first-order valence-corrected chi connectivity index (χ1v) is 12.7. The Balaban J connectivity index is 1.60. The summed E-state index contributed by atoms with van der Waals surface area (Å²) >= 11 is 7.05. The van der Waals surface area contributed by atoms with Gasteiger partial charge in [-0.3, -0.25) is 9.59 Å². The van der Waals surface area contributed by atoms with Gasteiger partial charge in [-0.15, -0.1) is 0 Å². The van der Waals surface area contributed by atoms with E-state index >= 15 is 0 Å². The summed E-state index contributed by atoms with van der Waals surface area (Å²) in [6.45, 7) is 2.80. The molecule has 4 aromatic rings. The van der Waals surface area contributed by atoms with Crippen LogP contribution in [0.15, 0.2) is 52.1 Å². The van der Waals surface area contributed by atoms with Crippen LogP contribution in [0.5, 0.6) is 11.5 Å². The van der Waals surface area contributed by atoms with Gasteiger partial charge in [0.15, 0.2) is 11.5 Å². The minimum Gasteiger partial charge on any atom is -0.493 e. The van der Waals surface area contributed by atoms with Crippen molar-refractivity contribution >= 4 is 34.0 Å². The van der Waals surface area contributed by atoms with Crippen LogP contribution < -0.4 is 25.1 Å². The molecule has 2 aromatic carbocycles. The Hall–Kier alpha value is -3.23. The lowest BCUT2D eigenvalue weighted by Crippen LogP contribution is -2.28. The smallest absolute Gasteiger partial charge is 0.296 e. The van der Waals surface area contributed by atoms with E-state index in [0.717, 1.165) is 35.3 Å². The molecule has 0 saturated carbocycles. The number of benzene rings is 2. The molecule has 9 heteroatoms. The van der Waals surface area contributed by atoms with Gasteiger partial charge in [0.25, 0.3) is 11.1 Å². The number of halogens is 1.